The lowest BCUT2D eigenvalue weighted by molar-refractivity contribution is 0.124. The molecule has 0 aliphatic heterocycles. The molecule has 0 aliphatic carbocycles. The Hall–Kier alpha value is -0.430. The maximum atomic E-state index is 9.74. The van der Waals surface area contributed by atoms with Gasteiger partial charge < -0.3 is 5.11 Å². The van der Waals surface area contributed by atoms with E-state index in [-0.39, 0.29) is 5.25 Å². The van der Waals surface area contributed by atoms with Gasteiger partial charge in [-0.3, -0.25) is 0 Å². The van der Waals surface area contributed by atoms with Crippen LogP contribution in [0.4, 0.5) is 0 Å². The normalized spacial score (nSPS) is 16.9. The van der Waals surface area contributed by atoms with Crippen molar-refractivity contribution in [2.75, 3.05) is 0 Å². The SMILES string of the molecule is CC(S)C(C)(O)C#Cc1ccsc1. The van der Waals surface area contributed by atoms with Crippen LogP contribution in [0.5, 0.6) is 0 Å². The summed E-state index contributed by atoms with van der Waals surface area (Å²) in [6, 6.07) is 1.93. The maximum absolute atomic E-state index is 9.74. The second-order valence-corrected chi connectivity index (χ2v) is 4.64. The predicted octanol–water partition coefficient (Wildman–Crippen LogP) is 2.17. The summed E-state index contributed by atoms with van der Waals surface area (Å²) in [7, 11) is 0. The first-order valence-electron chi connectivity index (χ1n) is 3.98. The zero-order valence-corrected chi connectivity index (χ0v) is 9.32. The van der Waals surface area contributed by atoms with E-state index in [0.29, 0.717) is 0 Å². The third-order valence-corrected chi connectivity index (χ3v) is 2.98. The van der Waals surface area contributed by atoms with E-state index in [4.69, 9.17) is 0 Å². The summed E-state index contributed by atoms with van der Waals surface area (Å²) in [6.07, 6.45) is 0. The molecule has 2 unspecified atom stereocenters. The number of rotatable bonds is 1. The first-order chi connectivity index (χ1) is 6.02. The van der Waals surface area contributed by atoms with E-state index >= 15 is 0 Å². The molecular formula is C10H12OS2. The van der Waals surface area contributed by atoms with Crippen molar-refractivity contribution < 1.29 is 5.11 Å². The largest absolute Gasteiger partial charge is 0.377 e. The molecule has 0 fully saturated rings. The van der Waals surface area contributed by atoms with E-state index in [1.807, 2.05) is 23.8 Å². The van der Waals surface area contributed by atoms with Crippen LogP contribution in [-0.4, -0.2) is 16.0 Å². The molecule has 1 nitrogen and oxygen atoms in total. The first-order valence-corrected chi connectivity index (χ1v) is 5.44. The molecule has 0 saturated carbocycles. The second-order valence-electron chi connectivity index (χ2n) is 3.09. The molecule has 1 N–H and O–H groups in total. The van der Waals surface area contributed by atoms with Gasteiger partial charge in [-0.05, 0) is 25.3 Å². The fraction of sp³-hybridized carbons (Fsp3) is 0.400. The van der Waals surface area contributed by atoms with Crippen LogP contribution in [0.3, 0.4) is 0 Å². The Morgan fingerprint density at radius 3 is 2.85 bits per heavy atom. The number of thiophene rings is 1. The highest BCUT2D eigenvalue weighted by atomic mass is 32.1. The van der Waals surface area contributed by atoms with E-state index in [0.717, 1.165) is 5.56 Å². The summed E-state index contributed by atoms with van der Waals surface area (Å²) in [5.41, 5.74) is -0.0790. The lowest BCUT2D eigenvalue weighted by Crippen LogP contribution is -2.31. The van der Waals surface area contributed by atoms with Crippen molar-refractivity contribution in [1.29, 1.82) is 0 Å². The van der Waals surface area contributed by atoms with E-state index in [9.17, 15) is 5.11 Å². The molecule has 0 saturated heterocycles. The van der Waals surface area contributed by atoms with Gasteiger partial charge in [-0.2, -0.15) is 24.0 Å². The fourth-order valence-electron chi connectivity index (χ4n) is 0.639. The molecular weight excluding hydrogens is 200 g/mol. The minimum atomic E-state index is -1.02. The average molecular weight is 212 g/mol. The molecule has 2 atom stereocenters. The fourth-order valence-corrected chi connectivity index (χ4v) is 1.29. The Morgan fingerprint density at radius 2 is 2.38 bits per heavy atom. The van der Waals surface area contributed by atoms with Crippen LogP contribution in [-0.2, 0) is 0 Å². The summed E-state index contributed by atoms with van der Waals surface area (Å²) in [4.78, 5) is 0. The van der Waals surface area contributed by atoms with Crippen molar-refractivity contribution in [2.45, 2.75) is 24.7 Å². The molecule has 70 valence electrons. The van der Waals surface area contributed by atoms with Crippen molar-refractivity contribution in [3.05, 3.63) is 22.4 Å². The number of aliphatic hydroxyl groups is 1. The Kier molecular flexibility index (Phi) is 3.43. The van der Waals surface area contributed by atoms with Crippen LogP contribution in [0.25, 0.3) is 0 Å². The van der Waals surface area contributed by atoms with E-state index < -0.39 is 5.60 Å². The molecule has 13 heavy (non-hydrogen) atoms. The summed E-state index contributed by atoms with van der Waals surface area (Å²) in [6.45, 7) is 3.50. The van der Waals surface area contributed by atoms with Crippen molar-refractivity contribution in [2.24, 2.45) is 0 Å². The van der Waals surface area contributed by atoms with Crippen molar-refractivity contribution in [3.8, 4) is 11.8 Å². The standard InChI is InChI=1S/C10H12OS2/c1-8(12)10(2,11)5-3-9-4-6-13-7-9/h4,6-8,11-12H,1-2H3. The molecule has 0 radical (unpaired) electrons. The molecule has 0 spiro atoms. The van der Waals surface area contributed by atoms with Gasteiger partial charge in [0.1, 0.15) is 5.60 Å². The summed E-state index contributed by atoms with van der Waals surface area (Å²) in [5, 5.41) is 13.5. The third kappa shape index (κ3) is 3.07. The van der Waals surface area contributed by atoms with Gasteiger partial charge in [0, 0.05) is 16.2 Å². The Labute approximate surface area is 88.2 Å². The highest BCUT2D eigenvalue weighted by Crippen LogP contribution is 2.14. The van der Waals surface area contributed by atoms with Gasteiger partial charge in [0.2, 0.25) is 0 Å². The molecule has 0 bridgehead atoms. The van der Waals surface area contributed by atoms with Crippen LogP contribution in [0.1, 0.15) is 19.4 Å². The predicted molar refractivity (Wildman–Crippen MR) is 60.3 cm³/mol. The van der Waals surface area contributed by atoms with Crippen LogP contribution in [0.15, 0.2) is 16.8 Å². The third-order valence-electron chi connectivity index (χ3n) is 1.79. The van der Waals surface area contributed by atoms with Gasteiger partial charge >= 0.3 is 0 Å². The molecule has 1 aromatic heterocycles. The minimum Gasteiger partial charge on any atom is -0.377 e. The van der Waals surface area contributed by atoms with Gasteiger partial charge in [0.05, 0.1) is 0 Å². The van der Waals surface area contributed by atoms with Crippen molar-refractivity contribution >= 4 is 24.0 Å². The van der Waals surface area contributed by atoms with Crippen LogP contribution < -0.4 is 0 Å². The zero-order chi connectivity index (χ0) is 9.90. The number of thiol groups is 1. The molecule has 0 amide bonds. The Balaban J connectivity index is 2.78. The van der Waals surface area contributed by atoms with Gasteiger partial charge in [0.15, 0.2) is 0 Å². The van der Waals surface area contributed by atoms with Crippen LogP contribution in [0.2, 0.25) is 0 Å². The van der Waals surface area contributed by atoms with Gasteiger partial charge in [-0.15, -0.1) is 0 Å². The smallest absolute Gasteiger partial charge is 0.134 e. The lowest BCUT2D eigenvalue weighted by Gasteiger charge is -2.19. The molecule has 0 aromatic carbocycles. The lowest BCUT2D eigenvalue weighted by atomic mass is 10.0. The van der Waals surface area contributed by atoms with Gasteiger partial charge in [0.25, 0.3) is 0 Å². The molecule has 1 aromatic rings. The number of hydrogen-bond donors (Lipinski definition) is 2. The van der Waals surface area contributed by atoms with Crippen LogP contribution in [0, 0.1) is 11.8 Å². The molecule has 0 aliphatic rings. The van der Waals surface area contributed by atoms with Crippen molar-refractivity contribution in [3.63, 3.8) is 0 Å². The van der Waals surface area contributed by atoms with Gasteiger partial charge in [-0.1, -0.05) is 11.8 Å². The molecule has 1 rings (SSSR count). The van der Waals surface area contributed by atoms with Crippen molar-refractivity contribution in [1.82, 2.24) is 0 Å². The molecule has 3 heteroatoms. The zero-order valence-electron chi connectivity index (χ0n) is 7.61. The number of hydrogen-bond acceptors (Lipinski definition) is 3. The summed E-state index contributed by atoms with van der Waals surface area (Å²) in [5.74, 6) is 5.70. The van der Waals surface area contributed by atoms with Crippen LogP contribution >= 0.6 is 24.0 Å². The average Bonchev–Trinajstić information content (AvgIpc) is 2.52. The molecule has 1 heterocycles. The maximum Gasteiger partial charge on any atom is 0.134 e. The minimum absolute atomic E-state index is 0.154. The summed E-state index contributed by atoms with van der Waals surface area (Å²) >= 11 is 5.76. The summed E-state index contributed by atoms with van der Waals surface area (Å²) < 4.78 is 0. The topological polar surface area (TPSA) is 20.2 Å². The van der Waals surface area contributed by atoms with E-state index in [1.54, 1.807) is 18.3 Å². The monoisotopic (exact) mass is 212 g/mol. The van der Waals surface area contributed by atoms with E-state index in [2.05, 4.69) is 24.5 Å². The first kappa shape index (κ1) is 10.6. The van der Waals surface area contributed by atoms with E-state index in [1.165, 1.54) is 0 Å². The second kappa shape index (κ2) is 4.19. The highest BCUT2D eigenvalue weighted by molar-refractivity contribution is 7.81. The quantitative estimate of drug-likeness (QED) is 0.540. The Bertz CT molecular complexity index is 314. The Morgan fingerprint density at radius 1 is 1.69 bits per heavy atom. The van der Waals surface area contributed by atoms with Gasteiger partial charge in [-0.25, -0.2) is 0 Å². The highest BCUT2D eigenvalue weighted by Gasteiger charge is 2.22.